The van der Waals surface area contributed by atoms with Crippen molar-refractivity contribution < 1.29 is 23.8 Å². The van der Waals surface area contributed by atoms with E-state index in [-0.39, 0.29) is 17.9 Å². The quantitative estimate of drug-likeness (QED) is 0.513. The zero-order valence-electron chi connectivity index (χ0n) is 18.8. The average Bonchev–Trinajstić information content (AvgIpc) is 3.55. The maximum absolute atomic E-state index is 14.3. The first-order valence-electron chi connectivity index (χ1n) is 11.4. The number of nitrogens with one attached hydrogen (secondary N) is 2. The number of likely N-dealkylation sites (tertiary alicyclic amines) is 1. The number of phenolic OH excluding ortho intramolecular Hbond substituents is 1. The Morgan fingerprint density at radius 2 is 2.00 bits per heavy atom. The molecule has 1 aromatic carbocycles. The Balaban J connectivity index is 1.41. The summed E-state index contributed by atoms with van der Waals surface area (Å²) < 4.78 is 20.2. The Labute approximate surface area is 195 Å². The van der Waals surface area contributed by atoms with E-state index in [1.165, 1.54) is 18.5 Å². The average molecular weight is 468 g/mol. The Morgan fingerprint density at radius 3 is 2.71 bits per heavy atom. The van der Waals surface area contributed by atoms with E-state index in [9.17, 15) is 19.1 Å². The predicted molar refractivity (Wildman–Crippen MR) is 122 cm³/mol. The minimum atomic E-state index is -0.790. The van der Waals surface area contributed by atoms with Crippen LogP contribution in [0.5, 0.6) is 11.5 Å². The Morgan fingerprint density at radius 1 is 1.24 bits per heavy atom. The molecule has 1 aliphatic carbocycles. The van der Waals surface area contributed by atoms with E-state index in [1.807, 2.05) is 0 Å². The van der Waals surface area contributed by atoms with Gasteiger partial charge in [-0.3, -0.25) is 9.59 Å². The number of carbonyl (C=O) groups excluding carboxylic acids is 2. The summed E-state index contributed by atoms with van der Waals surface area (Å²) in [4.78, 5) is 38.0. The molecule has 1 saturated carbocycles. The van der Waals surface area contributed by atoms with Gasteiger partial charge in [-0.2, -0.15) is 0 Å². The molecule has 1 saturated heterocycles. The van der Waals surface area contributed by atoms with Crippen LogP contribution in [0.2, 0.25) is 0 Å². The van der Waals surface area contributed by atoms with Crippen molar-refractivity contribution in [2.75, 3.05) is 19.7 Å². The van der Waals surface area contributed by atoms with Crippen LogP contribution in [0.1, 0.15) is 43.0 Å². The van der Waals surface area contributed by atoms with Crippen LogP contribution in [0.4, 0.5) is 4.39 Å². The lowest BCUT2D eigenvalue weighted by Gasteiger charge is -2.31. The van der Waals surface area contributed by atoms with Gasteiger partial charge in [-0.1, -0.05) is 0 Å². The van der Waals surface area contributed by atoms with E-state index < -0.39 is 11.6 Å². The van der Waals surface area contributed by atoms with Crippen molar-refractivity contribution in [3.63, 3.8) is 0 Å². The Bertz CT molecular complexity index is 1250. The van der Waals surface area contributed by atoms with Crippen molar-refractivity contribution in [1.29, 1.82) is 0 Å². The molecule has 2 fully saturated rings. The minimum absolute atomic E-state index is 0.0387. The summed E-state index contributed by atoms with van der Waals surface area (Å²) in [5, 5.41) is 12.9. The first kappa shape index (κ1) is 22.1. The van der Waals surface area contributed by atoms with Crippen molar-refractivity contribution >= 4 is 22.8 Å². The van der Waals surface area contributed by atoms with Gasteiger partial charge in [0.15, 0.2) is 11.6 Å². The SMILES string of the molecule is CC(=O)N1CCC(NC(=O)c2c[nH]c3c(-c4cc(F)c(O)cc4OCC4CC4)ncnc23)CC1. The van der Waals surface area contributed by atoms with Gasteiger partial charge in [0.25, 0.3) is 5.91 Å². The number of benzene rings is 1. The van der Waals surface area contributed by atoms with Crippen molar-refractivity contribution in [3.8, 4) is 22.8 Å². The largest absolute Gasteiger partial charge is 0.505 e. The van der Waals surface area contributed by atoms with E-state index in [0.717, 1.165) is 12.8 Å². The molecule has 1 aliphatic heterocycles. The van der Waals surface area contributed by atoms with E-state index in [0.29, 0.717) is 72.1 Å². The number of amides is 2. The normalized spacial score (nSPS) is 16.6. The van der Waals surface area contributed by atoms with Crippen LogP contribution in [0.3, 0.4) is 0 Å². The van der Waals surface area contributed by atoms with Crippen molar-refractivity contribution in [2.45, 2.75) is 38.6 Å². The highest BCUT2D eigenvalue weighted by molar-refractivity contribution is 6.08. The minimum Gasteiger partial charge on any atom is -0.505 e. The number of hydrogen-bond acceptors (Lipinski definition) is 6. The molecule has 3 aromatic rings. The number of nitrogens with zero attached hydrogens (tertiary/aromatic N) is 3. The molecule has 0 unspecified atom stereocenters. The van der Waals surface area contributed by atoms with Gasteiger partial charge < -0.3 is 25.0 Å². The summed E-state index contributed by atoms with van der Waals surface area (Å²) in [5.41, 5.74) is 1.98. The Hall–Kier alpha value is -3.69. The van der Waals surface area contributed by atoms with E-state index in [1.54, 1.807) is 18.0 Å². The second-order valence-electron chi connectivity index (χ2n) is 8.96. The molecule has 0 spiro atoms. The van der Waals surface area contributed by atoms with Crippen LogP contribution in [0.15, 0.2) is 24.7 Å². The lowest BCUT2D eigenvalue weighted by molar-refractivity contribution is -0.129. The lowest BCUT2D eigenvalue weighted by atomic mass is 10.0. The van der Waals surface area contributed by atoms with Crippen LogP contribution in [0.25, 0.3) is 22.3 Å². The number of aromatic nitrogens is 3. The maximum atomic E-state index is 14.3. The van der Waals surface area contributed by atoms with Crippen LogP contribution < -0.4 is 10.1 Å². The van der Waals surface area contributed by atoms with Gasteiger partial charge in [-0.15, -0.1) is 0 Å². The molecule has 3 heterocycles. The van der Waals surface area contributed by atoms with Crippen LogP contribution in [-0.2, 0) is 4.79 Å². The van der Waals surface area contributed by atoms with Crippen molar-refractivity contribution in [2.24, 2.45) is 5.92 Å². The number of halogens is 1. The fourth-order valence-corrected chi connectivity index (χ4v) is 4.26. The number of H-pyrrole nitrogens is 1. The molecule has 3 N–H and O–H groups in total. The predicted octanol–water partition coefficient (Wildman–Crippen LogP) is 3.00. The van der Waals surface area contributed by atoms with E-state index in [4.69, 9.17) is 4.74 Å². The zero-order valence-corrected chi connectivity index (χ0v) is 18.8. The molecule has 5 rings (SSSR count). The van der Waals surface area contributed by atoms with Gasteiger partial charge in [0.1, 0.15) is 23.3 Å². The van der Waals surface area contributed by atoms with E-state index >= 15 is 0 Å². The smallest absolute Gasteiger partial charge is 0.255 e. The molecule has 34 heavy (non-hydrogen) atoms. The fraction of sp³-hybridized carbons (Fsp3) is 0.417. The molecule has 2 aromatic heterocycles. The highest BCUT2D eigenvalue weighted by Gasteiger charge is 2.26. The molecule has 0 bridgehead atoms. The third-order valence-corrected chi connectivity index (χ3v) is 6.46. The maximum Gasteiger partial charge on any atom is 0.255 e. The first-order chi connectivity index (χ1) is 16.4. The van der Waals surface area contributed by atoms with Gasteiger partial charge in [-0.25, -0.2) is 14.4 Å². The van der Waals surface area contributed by atoms with Crippen molar-refractivity contribution in [3.05, 3.63) is 36.0 Å². The topological polar surface area (TPSA) is 120 Å². The van der Waals surface area contributed by atoms with Gasteiger partial charge in [0.05, 0.1) is 17.7 Å². The van der Waals surface area contributed by atoms with Gasteiger partial charge in [0.2, 0.25) is 5.91 Å². The molecule has 178 valence electrons. The van der Waals surface area contributed by atoms with E-state index in [2.05, 4.69) is 20.3 Å². The van der Waals surface area contributed by atoms with Gasteiger partial charge in [0, 0.05) is 43.9 Å². The number of phenols is 1. The number of aromatic hydroxyl groups is 1. The fourth-order valence-electron chi connectivity index (χ4n) is 4.26. The van der Waals surface area contributed by atoms with Crippen LogP contribution in [-0.4, -0.2) is 62.5 Å². The summed E-state index contributed by atoms with van der Waals surface area (Å²) >= 11 is 0. The molecule has 0 radical (unpaired) electrons. The Kier molecular flexibility index (Phi) is 5.80. The highest BCUT2D eigenvalue weighted by Crippen LogP contribution is 2.38. The number of carbonyl (C=O) groups is 2. The molecule has 9 nitrogen and oxygen atoms in total. The van der Waals surface area contributed by atoms with Gasteiger partial charge >= 0.3 is 0 Å². The first-order valence-corrected chi connectivity index (χ1v) is 11.4. The third kappa shape index (κ3) is 4.40. The lowest BCUT2D eigenvalue weighted by Crippen LogP contribution is -2.45. The van der Waals surface area contributed by atoms with Crippen LogP contribution >= 0.6 is 0 Å². The molecule has 10 heteroatoms. The second-order valence-corrected chi connectivity index (χ2v) is 8.96. The number of fused-ring (bicyclic) bond motifs is 1. The number of aromatic amines is 1. The summed E-state index contributed by atoms with van der Waals surface area (Å²) in [6, 6.07) is 2.40. The molecule has 0 atom stereocenters. The number of piperidine rings is 1. The second kappa shape index (κ2) is 8.92. The van der Waals surface area contributed by atoms with Gasteiger partial charge in [-0.05, 0) is 37.7 Å². The van der Waals surface area contributed by atoms with Crippen LogP contribution in [0, 0.1) is 11.7 Å². The standard InChI is InChI=1S/C24H26FN5O4/c1-13(31)30-6-4-15(5-7-30)29-24(33)17-10-26-23-21(27-12-28-22(17)23)16-8-18(25)19(32)9-20(16)34-11-14-2-3-14/h8-10,12,14-15,26,32H,2-7,11H2,1H3,(H,29,33). The monoisotopic (exact) mass is 467 g/mol. The number of ether oxygens (including phenoxy) is 1. The molecular weight excluding hydrogens is 441 g/mol. The highest BCUT2D eigenvalue weighted by atomic mass is 19.1. The summed E-state index contributed by atoms with van der Waals surface area (Å²) in [5.74, 6) is -0.738. The zero-order chi connectivity index (χ0) is 23.8. The third-order valence-electron chi connectivity index (χ3n) is 6.46. The number of rotatable bonds is 6. The molecule has 2 amide bonds. The molecular formula is C24H26FN5O4. The summed E-state index contributed by atoms with van der Waals surface area (Å²) in [7, 11) is 0. The summed E-state index contributed by atoms with van der Waals surface area (Å²) in [6.07, 6.45) is 6.42. The van der Waals surface area contributed by atoms with Crippen molar-refractivity contribution in [1.82, 2.24) is 25.2 Å². The number of hydrogen-bond donors (Lipinski definition) is 3. The molecule has 2 aliphatic rings. The summed E-state index contributed by atoms with van der Waals surface area (Å²) in [6.45, 7) is 3.24.